The number of esters is 1. The van der Waals surface area contributed by atoms with Crippen molar-refractivity contribution in [2.24, 2.45) is 0 Å². The second-order valence-corrected chi connectivity index (χ2v) is 10.4. The number of phenolic OH excluding ortho intramolecular Hbond substituents is 1. The summed E-state index contributed by atoms with van der Waals surface area (Å²) in [7, 11) is 0. The van der Waals surface area contributed by atoms with Crippen molar-refractivity contribution in [2.45, 2.75) is 65.1 Å². The van der Waals surface area contributed by atoms with E-state index in [1.807, 2.05) is 6.07 Å². The van der Waals surface area contributed by atoms with Crippen molar-refractivity contribution in [2.75, 3.05) is 26.3 Å². The van der Waals surface area contributed by atoms with Crippen molar-refractivity contribution >= 4 is 23.9 Å². The predicted molar refractivity (Wildman–Crippen MR) is 152 cm³/mol. The van der Waals surface area contributed by atoms with Crippen LogP contribution in [0.25, 0.3) is 0 Å². The maximum Gasteiger partial charge on any atom is 0.408 e. The predicted octanol–water partition coefficient (Wildman–Crippen LogP) is 2.77. The molecule has 2 aromatic rings. The number of benzene rings is 2. The number of nitrogens with one attached hydrogen (secondary N) is 2. The second-order valence-electron chi connectivity index (χ2n) is 10.4. The number of aromatic hydroxyl groups is 1. The van der Waals surface area contributed by atoms with Gasteiger partial charge in [0.25, 0.3) is 0 Å². The summed E-state index contributed by atoms with van der Waals surface area (Å²) in [5.41, 5.74) is 0.768. The highest BCUT2D eigenvalue weighted by molar-refractivity contribution is 5.92. The average Bonchev–Trinajstić information content (AvgIpc) is 2.89. The zero-order valence-corrected chi connectivity index (χ0v) is 24.3. The first kappa shape index (κ1) is 33.1. The first-order valence-electron chi connectivity index (χ1n) is 13.5. The summed E-state index contributed by atoms with van der Waals surface area (Å²) in [4.78, 5) is 53.4. The molecule has 0 aromatic heterocycles. The number of amides is 3. The molecule has 11 heteroatoms. The number of rotatable bonds is 13. The summed E-state index contributed by atoms with van der Waals surface area (Å²) in [6.07, 6.45) is -0.801. The Labute approximate surface area is 240 Å². The number of carbonyl (C=O) groups is 4. The molecule has 0 spiro atoms. The molecule has 0 aliphatic heterocycles. The van der Waals surface area contributed by atoms with Crippen LogP contribution in [0, 0.1) is 6.92 Å². The van der Waals surface area contributed by atoms with Crippen LogP contribution < -0.4 is 10.6 Å². The van der Waals surface area contributed by atoms with Gasteiger partial charge in [-0.15, -0.1) is 0 Å². The quantitative estimate of drug-likeness (QED) is 0.268. The molecule has 0 saturated carbocycles. The summed E-state index contributed by atoms with van der Waals surface area (Å²) < 4.78 is 10.3. The van der Waals surface area contributed by atoms with E-state index in [-0.39, 0.29) is 38.3 Å². The number of hydrogen-bond acceptors (Lipinski definition) is 8. The van der Waals surface area contributed by atoms with Crippen molar-refractivity contribution in [3.63, 3.8) is 0 Å². The Morgan fingerprint density at radius 3 is 2.32 bits per heavy atom. The molecule has 0 saturated heterocycles. The Morgan fingerprint density at radius 2 is 1.73 bits per heavy atom. The molecule has 2 unspecified atom stereocenters. The Kier molecular flexibility index (Phi) is 12.6. The van der Waals surface area contributed by atoms with Crippen LogP contribution >= 0.6 is 0 Å². The molecule has 2 aromatic carbocycles. The Hall–Kier alpha value is -4.12. The lowest BCUT2D eigenvalue weighted by Gasteiger charge is -2.34. The van der Waals surface area contributed by atoms with Gasteiger partial charge in [0.2, 0.25) is 11.8 Å². The lowest BCUT2D eigenvalue weighted by atomic mass is 9.98. The van der Waals surface area contributed by atoms with Crippen LogP contribution in [0.2, 0.25) is 0 Å². The van der Waals surface area contributed by atoms with Crippen LogP contribution in [0.15, 0.2) is 48.5 Å². The molecule has 3 amide bonds. The summed E-state index contributed by atoms with van der Waals surface area (Å²) >= 11 is 0. The third-order valence-corrected chi connectivity index (χ3v) is 5.93. The molecule has 0 fully saturated rings. The van der Waals surface area contributed by atoms with Crippen LogP contribution in [0.4, 0.5) is 4.79 Å². The molecule has 11 nitrogen and oxygen atoms in total. The molecule has 0 aliphatic carbocycles. The van der Waals surface area contributed by atoms with E-state index in [1.165, 1.54) is 17.0 Å². The van der Waals surface area contributed by atoms with Gasteiger partial charge < -0.3 is 35.2 Å². The number of hydrogen-bond donors (Lipinski definition) is 4. The standard InChI is InChI=1S/C30H41N3O8/c1-6-40-25(36)14-15-31-27(37)26(22-12-13-24(35)20(2)18-22)33(16-17-34)28(38)23(19-21-10-8-7-9-11-21)32-29(39)41-30(3,4)5/h7-13,18,23,26,34-35H,6,14-17,19H2,1-5H3,(H,31,37)(H,32,39). The van der Waals surface area contributed by atoms with Crippen molar-refractivity contribution in [3.05, 3.63) is 65.2 Å². The van der Waals surface area contributed by atoms with Gasteiger partial charge >= 0.3 is 12.1 Å². The molecule has 4 N–H and O–H groups in total. The fraction of sp³-hybridized carbons (Fsp3) is 0.467. The highest BCUT2D eigenvalue weighted by atomic mass is 16.6. The van der Waals surface area contributed by atoms with Gasteiger partial charge in [-0.25, -0.2) is 4.79 Å². The molecule has 2 rings (SSSR count). The van der Waals surface area contributed by atoms with Crippen molar-refractivity contribution in [1.82, 2.24) is 15.5 Å². The van der Waals surface area contributed by atoms with Gasteiger partial charge in [-0.2, -0.15) is 0 Å². The summed E-state index contributed by atoms with van der Waals surface area (Å²) in [5.74, 6) is -1.73. The van der Waals surface area contributed by atoms with Crippen molar-refractivity contribution in [1.29, 1.82) is 0 Å². The zero-order valence-electron chi connectivity index (χ0n) is 24.3. The van der Waals surface area contributed by atoms with E-state index in [9.17, 15) is 29.4 Å². The van der Waals surface area contributed by atoms with Crippen molar-refractivity contribution in [3.8, 4) is 5.75 Å². The number of ether oxygens (including phenoxy) is 2. The van der Waals surface area contributed by atoms with E-state index in [2.05, 4.69) is 10.6 Å². The van der Waals surface area contributed by atoms with E-state index in [0.717, 1.165) is 5.56 Å². The van der Waals surface area contributed by atoms with Gasteiger partial charge in [-0.1, -0.05) is 36.4 Å². The molecular formula is C30H41N3O8. The number of aliphatic hydroxyl groups is 1. The van der Waals surface area contributed by atoms with E-state index < -0.39 is 48.2 Å². The Balaban J connectivity index is 2.48. The van der Waals surface area contributed by atoms with Gasteiger partial charge in [-0.05, 0) is 63.4 Å². The smallest absolute Gasteiger partial charge is 0.408 e. The van der Waals surface area contributed by atoms with Crippen LogP contribution in [0.1, 0.15) is 56.8 Å². The number of nitrogens with zero attached hydrogens (tertiary/aromatic N) is 1. The summed E-state index contributed by atoms with van der Waals surface area (Å²) in [6, 6.07) is 11.1. The molecular weight excluding hydrogens is 530 g/mol. The third kappa shape index (κ3) is 10.8. The first-order valence-corrected chi connectivity index (χ1v) is 13.5. The molecule has 0 bridgehead atoms. The van der Waals surface area contributed by atoms with E-state index in [4.69, 9.17) is 9.47 Å². The fourth-order valence-corrected chi connectivity index (χ4v) is 4.11. The molecule has 2 atom stereocenters. The third-order valence-electron chi connectivity index (χ3n) is 5.93. The van der Waals surface area contributed by atoms with Crippen LogP contribution in [-0.4, -0.2) is 76.9 Å². The van der Waals surface area contributed by atoms with Crippen LogP contribution in [-0.2, 0) is 30.3 Å². The van der Waals surface area contributed by atoms with Crippen LogP contribution in [0.5, 0.6) is 5.75 Å². The molecule has 0 heterocycles. The van der Waals surface area contributed by atoms with Crippen molar-refractivity contribution < 1.29 is 38.9 Å². The topological polar surface area (TPSA) is 154 Å². The molecule has 0 radical (unpaired) electrons. The molecule has 224 valence electrons. The normalized spacial score (nSPS) is 12.5. The lowest BCUT2D eigenvalue weighted by Crippen LogP contribution is -2.54. The first-order chi connectivity index (χ1) is 19.4. The lowest BCUT2D eigenvalue weighted by molar-refractivity contribution is -0.144. The number of aryl methyl sites for hydroxylation is 1. The number of carbonyl (C=O) groups excluding carboxylic acids is 4. The Morgan fingerprint density at radius 1 is 1.05 bits per heavy atom. The maximum atomic E-state index is 14.1. The molecule has 0 aliphatic rings. The van der Waals surface area contributed by atoms with Gasteiger partial charge in [0.1, 0.15) is 23.4 Å². The SMILES string of the molecule is CCOC(=O)CCNC(=O)C(c1ccc(O)c(C)c1)N(CCO)C(=O)C(Cc1ccccc1)NC(=O)OC(C)(C)C. The van der Waals surface area contributed by atoms with Gasteiger partial charge in [0.05, 0.1) is 19.6 Å². The van der Waals surface area contributed by atoms with Gasteiger partial charge in [0.15, 0.2) is 0 Å². The molecule has 41 heavy (non-hydrogen) atoms. The van der Waals surface area contributed by atoms with Gasteiger partial charge in [-0.3, -0.25) is 14.4 Å². The highest BCUT2D eigenvalue weighted by Crippen LogP contribution is 2.27. The maximum absolute atomic E-state index is 14.1. The zero-order chi connectivity index (χ0) is 30.6. The number of alkyl carbamates (subject to hydrolysis) is 1. The largest absolute Gasteiger partial charge is 0.508 e. The van der Waals surface area contributed by atoms with Crippen LogP contribution in [0.3, 0.4) is 0 Å². The second kappa shape index (κ2) is 15.6. The van der Waals surface area contributed by atoms with E-state index in [1.54, 1.807) is 65.0 Å². The highest BCUT2D eigenvalue weighted by Gasteiger charge is 2.36. The van der Waals surface area contributed by atoms with E-state index in [0.29, 0.717) is 11.1 Å². The average molecular weight is 572 g/mol. The van der Waals surface area contributed by atoms with Gasteiger partial charge in [0, 0.05) is 19.5 Å². The number of aliphatic hydroxyl groups excluding tert-OH is 1. The van der Waals surface area contributed by atoms with E-state index >= 15 is 0 Å². The summed E-state index contributed by atoms with van der Waals surface area (Å²) in [6.45, 7) is 7.86. The number of phenols is 1. The monoisotopic (exact) mass is 571 g/mol. The minimum atomic E-state index is -1.25. The minimum Gasteiger partial charge on any atom is -0.508 e. The summed E-state index contributed by atoms with van der Waals surface area (Å²) in [5, 5.41) is 25.3. The fourth-order valence-electron chi connectivity index (χ4n) is 4.11. The Bertz CT molecular complexity index is 1180. The minimum absolute atomic E-state index is 0.00352.